The predicted molar refractivity (Wildman–Crippen MR) is 74.7 cm³/mol. The summed E-state index contributed by atoms with van der Waals surface area (Å²) in [5, 5.41) is 11.6. The van der Waals surface area contributed by atoms with Crippen LogP contribution in [0.4, 0.5) is 4.79 Å². The number of aryl methyl sites for hydroxylation is 1. The van der Waals surface area contributed by atoms with Crippen molar-refractivity contribution in [2.75, 3.05) is 6.54 Å². The molecule has 1 aliphatic heterocycles. The molecule has 116 valence electrons. The van der Waals surface area contributed by atoms with Gasteiger partial charge in [-0.3, -0.25) is 4.79 Å². The van der Waals surface area contributed by atoms with Crippen molar-refractivity contribution in [1.82, 2.24) is 15.2 Å². The van der Waals surface area contributed by atoms with Gasteiger partial charge in [0.25, 0.3) is 0 Å². The van der Waals surface area contributed by atoms with E-state index >= 15 is 0 Å². The Morgan fingerprint density at radius 1 is 1.52 bits per heavy atom. The summed E-state index contributed by atoms with van der Waals surface area (Å²) in [6, 6.07) is -0.152. The summed E-state index contributed by atoms with van der Waals surface area (Å²) in [5.41, 5.74) is 0.711. The van der Waals surface area contributed by atoms with E-state index in [1.807, 2.05) is 0 Å². The molecule has 0 radical (unpaired) electrons. The molecule has 0 saturated carbocycles. The van der Waals surface area contributed by atoms with Crippen molar-refractivity contribution in [2.24, 2.45) is 0 Å². The van der Waals surface area contributed by atoms with Crippen LogP contribution in [0, 0.1) is 6.92 Å². The Morgan fingerprint density at radius 2 is 2.33 bits per heavy atom. The predicted octanol–water partition coefficient (Wildman–Crippen LogP) is 1.91. The lowest BCUT2D eigenvalue weighted by Gasteiger charge is -2.35. The van der Waals surface area contributed by atoms with E-state index in [0.717, 1.165) is 19.3 Å². The van der Waals surface area contributed by atoms with E-state index in [0.29, 0.717) is 31.0 Å². The standard InChI is InChI=1S/C14H21N3O4/c1-10-12(16-9-21-10)8-15-14(20)17-7-3-2-4-11(17)5-6-13(18)19/h9,11H,2-8H2,1H3,(H,15,20)(H,18,19). The lowest BCUT2D eigenvalue weighted by molar-refractivity contribution is -0.137. The molecule has 0 bridgehead atoms. The Morgan fingerprint density at radius 3 is 3.00 bits per heavy atom. The zero-order valence-corrected chi connectivity index (χ0v) is 12.2. The van der Waals surface area contributed by atoms with E-state index < -0.39 is 5.97 Å². The number of hydrogen-bond donors (Lipinski definition) is 2. The Hall–Kier alpha value is -2.05. The maximum absolute atomic E-state index is 12.3. The molecule has 2 heterocycles. The van der Waals surface area contributed by atoms with Gasteiger partial charge in [0, 0.05) is 19.0 Å². The van der Waals surface area contributed by atoms with E-state index in [-0.39, 0.29) is 18.5 Å². The summed E-state index contributed by atoms with van der Waals surface area (Å²) in [6.07, 6.45) is 4.82. The molecular weight excluding hydrogens is 274 g/mol. The first-order chi connectivity index (χ1) is 10.1. The average Bonchev–Trinajstić information content (AvgIpc) is 2.88. The van der Waals surface area contributed by atoms with Gasteiger partial charge in [-0.05, 0) is 32.6 Å². The number of rotatable bonds is 5. The van der Waals surface area contributed by atoms with Crippen LogP contribution in [-0.4, -0.2) is 39.6 Å². The van der Waals surface area contributed by atoms with Gasteiger partial charge >= 0.3 is 12.0 Å². The monoisotopic (exact) mass is 295 g/mol. The fraction of sp³-hybridized carbons (Fsp3) is 0.643. The Balaban J connectivity index is 1.88. The fourth-order valence-corrected chi connectivity index (χ4v) is 2.62. The number of oxazole rings is 1. The lowest BCUT2D eigenvalue weighted by Crippen LogP contribution is -2.48. The van der Waals surface area contributed by atoms with Crippen molar-refractivity contribution in [1.29, 1.82) is 0 Å². The molecule has 21 heavy (non-hydrogen) atoms. The van der Waals surface area contributed by atoms with Crippen molar-refractivity contribution in [3.63, 3.8) is 0 Å². The quantitative estimate of drug-likeness (QED) is 0.865. The highest BCUT2D eigenvalue weighted by molar-refractivity contribution is 5.74. The zero-order chi connectivity index (χ0) is 15.2. The third-order valence-electron chi connectivity index (χ3n) is 3.83. The van der Waals surface area contributed by atoms with E-state index in [1.165, 1.54) is 6.39 Å². The molecule has 1 aromatic heterocycles. The number of aliphatic carboxylic acids is 1. The van der Waals surface area contributed by atoms with Crippen LogP contribution in [0.2, 0.25) is 0 Å². The summed E-state index contributed by atoms with van der Waals surface area (Å²) >= 11 is 0. The minimum Gasteiger partial charge on any atom is -0.481 e. The van der Waals surface area contributed by atoms with Gasteiger partial charge in [-0.2, -0.15) is 0 Å². The van der Waals surface area contributed by atoms with Crippen LogP contribution in [-0.2, 0) is 11.3 Å². The number of carboxylic acid groups (broad SMARTS) is 1. The van der Waals surface area contributed by atoms with Crippen molar-refractivity contribution in [3.05, 3.63) is 17.8 Å². The number of carboxylic acids is 1. The maximum atomic E-state index is 12.3. The summed E-state index contributed by atoms with van der Waals surface area (Å²) in [5.74, 6) is -0.129. The summed E-state index contributed by atoms with van der Waals surface area (Å²) in [6.45, 7) is 2.79. The van der Waals surface area contributed by atoms with Crippen molar-refractivity contribution >= 4 is 12.0 Å². The number of carbonyl (C=O) groups is 2. The van der Waals surface area contributed by atoms with Gasteiger partial charge in [0.15, 0.2) is 6.39 Å². The van der Waals surface area contributed by atoms with E-state index in [2.05, 4.69) is 10.3 Å². The molecule has 1 atom stereocenters. The number of nitrogens with one attached hydrogen (secondary N) is 1. The van der Waals surface area contributed by atoms with Crippen LogP contribution in [0.5, 0.6) is 0 Å². The van der Waals surface area contributed by atoms with Crippen molar-refractivity contribution < 1.29 is 19.1 Å². The number of aromatic nitrogens is 1. The topological polar surface area (TPSA) is 95.7 Å². The Labute approximate surface area is 123 Å². The maximum Gasteiger partial charge on any atom is 0.317 e. The van der Waals surface area contributed by atoms with E-state index in [1.54, 1.807) is 11.8 Å². The average molecular weight is 295 g/mol. The highest BCUT2D eigenvalue weighted by Gasteiger charge is 2.27. The van der Waals surface area contributed by atoms with Gasteiger partial charge in [-0.15, -0.1) is 0 Å². The molecule has 2 rings (SSSR count). The number of likely N-dealkylation sites (tertiary alicyclic amines) is 1. The summed E-state index contributed by atoms with van der Waals surface area (Å²) in [7, 11) is 0. The van der Waals surface area contributed by atoms with E-state index in [9.17, 15) is 9.59 Å². The van der Waals surface area contributed by atoms with Gasteiger partial charge < -0.3 is 19.7 Å². The van der Waals surface area contributed by atoms with Crippen molar-refractivity contribution in [2.45, 2.75) is 51.6 Å². The van der Waals surface area contributed by atoms with Gasteiger partial charge in [-0.25, -0.2) is 9.78 Å². The first kappa shape index (κ1) is 15.3. The normalized spacial score (nSPS) is 18.5. The zero-order valence-electron chi connectivity index (χ0n) is 12.2. The van der Waals surface area contributed by atoms with Crippen LogP contribution in [0.25, 0.3) is 0 Å². The van der Waals surface area contributed by atoms with Crippen LogP contribution < -0.4 is 5.32 Å². The Kier molecular flexibility index (Phi) is 5.19. The molecule has 0 aromatic carbocycles. The molecule has 1 unspecified atom stereocenters. The number of hydrogen-bond acceptors (Lipinski definition) is 4. The molecule has 1 fully saturated rings. The lowest BCUT2D eigenvalue weighted by atomic mass is 9.98. The van der Waals surface area contributed by atoms with Crippen LogP contribution in [0.1, 0.15) is 43.6 Å². The van der Waals surface area contributed by atoms with Gasteiger partial charge in [0.05, 0.1) is 6.54 Å². The second-order valence-electron chi connectivity index (χ2n) is 5.29. The largest absolute Gasteiger partial charge is 0.481 e. The summed E-state index contributed by atoms with van der Waals surface area (Å²) < 4.78 is 5.09. The molecule has 1 aromatic rings. The third kappa shape index (κ3) is 4.21. The molecule has 2 amide bonds. The highest BCUT2D eigenvalue weighted by Crippen LogP contribution is 2.21. The van der Waals surface area contributed by atoms with Crippen LogP contribution in [0.3, 0.4) is 0 Å². The number of amides is 2. The number of carbonyl (C=O) groups excluding carboxylic acids is 1. The summed E-state index contributed by atoms with van der Waals surface area (Å²) in [4.78, 5) is 28.8. The van der Waals surface area contributed by atoms with Gasteiger partial charge in [0.1, 0.15) is 11.5 Å². The molecule has 1 saturated heterocycles. The first-order valence-corrected chi connectivity index (χ1v) is 7.23. The molecule has 0 spiro atoms. The highest BCUT2D eigenvalue weighted by atomic mass is 16.4. The fourth-order valence-electron chi connectivity index (χ4n) is 2.62. The Bertz CT molecular complexity index is 500. The molecule has 7 nitrogen and oxygen atoms in total. The third-order valence-corrected chi connectivity index (χ3v) is 3.83. The van der Waals surface area contributed by atoms with Crippen LogP contribution in [0.15, 0.2) is 10.8 Å². The smallest absolute Gasteiger partial charge is 0.317 e. The SMILES string of the molecule is Cc1ocnc1CNC(=O)N1CCCCC1CCC(=O)O. The van der Waals surface area contributed by atoms with Crippen LogP contribution >= 0.6 is 0 Å². The first-order valence-electron chi connectivity index (χ1n) is 7.23. The molecule has 7 heteroatoms. The number of nitrogens with zero attached hydrogens (tertiary/aromatic N) is 2. The molecule has 2 N–H and O–H groups in total. The number of urea groups is 1. The molecule has 0 aliphatic carbocycles. The minimum atomic E-state index is -0.820. The van der Waals surface area contributed by atoms with Gasteiger partial charge in [0.2, 0.25) is 0 Å². The van der Waals surface area contributed by atoms with Crippen molar-refractivity contribution in [3.8, 4) is 0 Å². The number of piperidine rings is 1. The molecule has 1 aliphatic rings. The van der Waals surface area contributed by atoms with E-state index in [4.69, 9.17) is 9.52 Å². The molecular formula is C14H21N3O4. The second kappa shape index (κ2) is 7.10. The minimum absolute atomic E-state index is 0.00764. The van der Waals surface area contributed by atoms with Gasteiger partial charge in [-0.1, -0.05) is 0 Å². The second-order valence-corrected chi connectivity index (χ2v) is 5.29.